The lowest BCUT2D eigenvalue weighted by Gasteiger charge is -2.34. The Kier molecular flexibility index (Phi) is 5.03. The number of carbonyl (C=O) groups is 1. The average Bonchev–Trinajstić information content (AvgIpc) is 3.21. The first-order valence-electron chi connectivity index (χ1n) is 9.28. The summed E-state index contributed by atoms with van der Waals surface area (Å²) in [7, 11) is 0. The fraction of sp³-hybridized carbons (Fsp3) is 0.273. The van der Waals surface area contributed by atoms with Crippen LogP contribution >= 0.6 is 0 Å². The summed E-state index contributed by atoms with van der Waals surface area (Å²) in [5, 5.41) is 3.98. The Bertz CT molecular complexity index is 895. The summed E-state index contributed by atoms with van der Waals surface area (Å²) in [6.45, 7) is 6.16. The summed E-state index contributed by atoms with van der Waals surface area (Å²) in [5.41, 5.74) is 3.88. The Balaban J connectivity index is 1.35. The molecular weight excluding hydrogens is 338 g/mol. The second kappa shape index (κ2) is 7.76. The number of hydrogen-bond acceptors (Lipinski definition) is 4. The maximum absolute atomic E-state index is 12.7. The van der Waals surface area contributed by atoms with E-state index in [4.69, 9.17) is 4.52 Å². The van der Waals surface area contributed by atoms with Gasteiger partial charge in [-0.25, -0.2) is 0 Å². The molecular formula is C22H23N3O2. The van der Waals surface area contributed by atoms with Crippen LogP contribution in [0.25, 0.3) is 11.3 Å². The van der Waals surface area contributed by atoms with Crippen LogP contribution in [0.2, 0.25) is 0 Å². The highest BCUT2D eigenvalue weighted by Crippen LogP contribution is 2.21. The first kappa shape index (κ1) is 17.5. The monoisotopic (exact) mass is 361 g/mol. The van der Waals surface area contributed by atoms with Crippen LogP contribution in [0, 0.1) is 6.92 Å². The van der Waals surface area contributed by atoms with Gasteiger partial charge in [-0.3, -0.25) is 9.69 Å². The quantitative estimate of drug-likeness (QED) is 0.712. The van der Waals surface area contributed by atoms with Crippen LogP contribution in [0.1, 0.15) is 21.6 Å². The molecule has 5 nitrogen and oxygen atoms in total. The number of piperazine rings is 1. The van der Waals surface area contributed by atoms with Gasteiger partial charge in [-0.05, 0) is 12.5 Å². The van der Waals surface area contributed by atoms with E-state index in [1.165, 1.54) is 11.1 Å². The molecule has 0 atom stereocenters. The Labute approximate surface area is 159 Å². The predicted octanol–water partition coefficient (Wildman–Crippen LogP) is 3.61. The van der Waals surface area contributed by atoms with Crippen molar-refractivity contribution in [2.45, 2.75) is 13.5 Å². The average molecular weight is 361 g/mol. The zero-order valence-electron chi connectivity index (χ0n) is 15.5. The van der Waals surface area contributed by atoms with Gasteiger partial charge in [0.2, 0.25) is 0 Å². The lowest BCUT2D eigenvalue weighted by molar-refractivity contribution is 0.0618. The van der Waals surface area contributed by atoms with Crippen LogP contribution in [0.15, 0.2) is 65.2 Å². The molecule has 1 amide bonds. The number of aromatic nitrogens is 1. The third kappa shape index (κ3) is 4.09. The highest BCUT2D eigenvalue weighted by molar-refractivity contribution is 5.93. The van der Waals surface area contributed by atoms with E-state index in [2.05, 4.69) is 41.2 Å². The fourth-order valence-corrected chi connectivity index (χ4v) is 3.34. The summed E-state index contributed by atoms with van der Waals surface area (Å²) in [6, 6.07) is 20.1. The van der Waals surface area contributed by atoms with E-state index in [-0.39, 0.29) is 5.91 Å². The van der Waals surface area contributed by atoms with Gasteiger partial charge < -0.3 is 9.42 Å². The summed E-state index contributed by atoms with van der Waals surface area (Å²) >= 11 is 0. The largest absolute Gasteiger partial charge is 0.355 e. The molecule has 1 aromatic heterocycles. The molecule has 1 fully saturated rings. The molecule has 1 aliphatic rings. The minimum absolute atomic E-state index is 0.0593. The molecule has 1 saturated heterocycles. The van der Waals surface area contributed by atoms with Crippen LogP contribution in [0.4, 0.5) is 0 Å². The molecule has 0 bridgehead atoms. The Hall–Kier alpha value is -2.92. The molecule has 138 valence electrons. The van der Waals surface area contributed by atoms with Gasteiger partial charge in [0, 0.05) is 44.4 Å². The molecule has 3 aromatic rings. The Morgan fingerprint density at radius 3 is 2.41 bits per heavy atom. The van der Waals surface area contributed by atoms with Crippen molar-refractivity contribution in [1.29, 1.82) is 0 Å². The molecule has 0 N–H and O–H groups in total. The third-order valence-corrected chi connectivity index (χ3v) is 4.97. The van der Waals surface area contributed by atoms with E-state index in [1.54, 1.807) is 6.07 Å². The highest BCUT2D eigenvalue weighted by Gasteiger charge is 2.24. The van der Waals surface area contributed by atoms with E-state index >= 15 is 0 Å². The van der Waals surface area contributed by atoms with Gasteiger partial charge in [0.25, 0.3) is 5.91 Å². The number of hydrogen-bond donors (Lipinski definition) is 0. The lowest BCUT2D eigenvalue weighted by atomic mass is 10.1. The summed E-state index contributed by atoms with van der Waals surface area (Å²) < 4.78 is 5.36. The molecule has 0 saturated carbocycles. The van der Waals surface area contributed by atoms with Gasteiger partial charge >= 0.3 is 0 Å². The van der Waals surface area contributed by atoms with E-state index in [9.17, 15) is 4.79 Å². The smallest absolute Gasteiger partial charge is 0.276 e. The van der Waals surface area contributed by atoms with Crippen molar-refractivity contribution in [3.63, 3.8) is 0 Å². The molecule has 0 radical (unpaired) electrons. The molecule has 2 aromatic carbocycles. The van der Waals surface area contributed by atoms with Crippen molar-refractivity contribution >= 4 is 5.91 Å². The van der Waals surface area contributed by atoms with E-state index in [0.717, 1.165) is 25.2 Å². The molecule has 4 rings (SSSR count). The fourth-order valence-electron chi connectivity index (χ4n) is 3.34. The summed E-state index contributed by atoms with van der Waals surface area (Å²) in [6.07, 6.45) is 0. The number of benzene rings is 2. The first-order chi connectivity index (χ1) is 13.2. The van der Waals surface area contributed by atoms with Crippen LogP contribution < -0.4 is 0 Å². The molecule has 2 heterocycles. The van der Waals surface area contributed by atoms with Crippen LogP contribution in [0.5, 0.6) is 0 Å². The number of rotatable bonds is 4. The maximum atomic E-state index is 12.7. The van der Waals surface area contributed by atoms with E-state index < -0.39 is 0 Å². The normalized spacial score (nSPS) is 15.1. The molecule has 27 heavy (non-hydrogen) atoms. The Morgan fingerprint density at radius 2 is 1.70 bits per heavy atom. The van der Waals surface area contributed by atoms with Gasteiger partial charge in [0.15, 0.2) is 11.5 Å². The van der Waals surface area contributed by atoms with Gasteiger partial charge in [0.05, 0.1) is 0 Å². The third-order valence-electron chi connectivity index (χ3n) is 4.97. The Morgan fingerprint density at radius 1 is 1.00 bits per heavy atom. The van der Waals surface area contributed by atoms with Gasteiger partial charge in [-0.1, -0.05) is 65.3 Å². The molecule has 0 unspecified atom stereocenters. The zero-order valence-corrected chi connectivity index (χ0v) is 15.5. The zero-order chi connectivity index (χ0) is 18.6. The number of amides is 1. The van der Waals surface area contributed by atoms with Crippen molar-refractivity contribution < 1.29 is 9.32 Å². The van der Waals surface area contributed by atoms with Crippen LogP contribution in [-0.4, -0.2) is 47.0 Å². The number of aryl methyl sites for hydroxylation is 1. The standard InChI is InChI=1S/C22H23N3O2/c1-17-7-9-18(10-8-17)16-24-11-13-25(14-12-24)22(26)20-15-21(27-23-20)19-5-3-2-4-6-19/h2-10,15H,11-14,16H2,1H3. The summed E-state index contributed by atoms with van der Waals surface area (Å²) in [5.74, 6) is 0.563. The number of carbonyl (C=O) groups excluding carboxylic acids is 1. The first-order valence-corrected chi connectivity index (χ1v) is 9.28. The minimum atomic E-state index is -0.0593. The predicted molar refractivity (Wildman–Crippen MR) is 104 cm³/mol. The van der Waals surface area contributed by atoms with Gasteiger partial charge in [0.1, 0.15) is 0 Å². The van der Waals surface area contributed by atoms with Crippen LogP contribution in [-0.2, 0) is 6.54 Å². The topological polar surface area (TPSA) is 49.6 Å². The van der Waals surface area contributed by atoms with Crippen LogP contribution in [0.3, 0.4) is 0 Å². The molecule has 0 aliphatic carbocycles. The molecule has 0 spiro atoms. The second-order valence-electron chi connectivity index (χ2n) is 7.00. The van der Waals surface area contributed by atoms with E-state index in [0.29, 0.717) is 24.5 Å². The second-order valence-corrected chi connectivity index (χ2v) is 7.00. The lowest BCUT2D eigenvalue weighted by Crippen LogP contribution is -2.48. The SMILES string of the molecule is Cc1ccc(CN2CCN(C(=O)c3cc(-c4ccccc4)on3)CC2)cc1. The molecule has 1 aliphatic heterocycles. The van der Waals surface area contributed by atoms with Gasteiger partial charge in [-0.2, -0.15) is 0 Å². The number of nitrogens with zero attached hydrogens (tertiary/aromatic N) is 3. The van der Waals surface area contributed by atoms with Gasteiger partial charge in [-0.15, -0.1) is 0 Å². The van der Waals surface area contributed by atoms with Crippen molar-refractivity contribution in [3.05, 3.63) is 77.5 Å². The van der Waals surface area contributed by atoms with Crippen molar-refractivity contribution in [3.8, 4) is 11.3 Å². The van der Waals surface area contributed by atoms with Crippen molar-refractivity contribution in [2.24, 2.45) is 0 Å². The van der Waals surface area contributed by atoms with Crippen molar-refractivity contribution in [2.75, 3.05) is 26.2 Å². The van der Waals surface area contributed by atoms with E-state index in [1.807, 2.05) is 35.2 Å². The maximum Gasteiger partial charge on any atom is 0.276 e. The highest BCUT2D eigenvalue weighted by atomic mass is 16.5. The summed E-state index contributed by atoms with van der Waals surface area (Å²) in [4.78, 5) is 17.0. The molecule has 5 heteroatoms. The van der Waals surface area contributed by atoms with Crippen molar-refractivity contribution in [1.82, 2.24) is 15.0 Å². The minimum Gasteiger partial charge on any atom is -0.355 e.